The number of aliphatic hydroxyl groups is 11. The van der Waals surface area contributed by atoms with Crippen molar-refractivity contribution in [2.45, 2.75) is 92.1 Å². The van der Waals surface area contributed by atoms with Crippen molar-refractivity contribution in [3.8, 4) is 0 Å². The molecule has 3 heterocycles. The van der Waals surface area contributed by atoms with E-state index in [2.05, 4.69) is 0 Å². The Balaban J connectivity index is 1.72. The summed E-state index contributed by atoms with van der Waals surface area (Å²) in [4.78, 5) is 0. The van der Waals surface area contributed by atoms with Crippen molar-refractivity contribution < 1.29 is 79.9 Å². The Morgan fingerprint density at radius 1 is 0.441 bits per heavy atom. The molecule has 3 rings (SSSR count). The second kappa shape index (κ2) is 11.6. The van der Waals surface area contributed by atoms with Gasteiger partial charge in [0.15, 0.2) is 18.9 Å². The number of ether oxygens (including phenoxy) is 5. The number of hydrogen-bond donors (Lipinski definition) is 11. The van der Waals surface area contributed by atoms with Crippen LogP contribution in [0.4, 0.5) is 0 Å². The van der Waals surface area contributed by atoms with E-state index in [-0.39, 0.29) is 0 Å². The average molecular weight is 504 g/mol. The van der Waals surface area contributed by atoms with Gasteiger partial charge in [-0.1, -0.05) is 0 Å². The van der Waals surface area contributed by atoms with Crippen LogP contribution in [0, 0.1) is 0 Å². The first kappa shape index (κ1) is 27.9. The lowest BCUT2D eigenvalue weighted by atomic mass is 9.96. The first-order chi connectivity index (χ1) is 16.0. The molecule has 0 spiro atoms. The van der Waals surface area contributed by atoms with Gasteiger partial charge >= 0.3 is 0 Å². The Hall–Kier alpha value is -0.640. The van der Waals surface area contributed by atoms with Crippen molar-refractivity contribution >= 4 is 0 Å². The summed E-state index contributed by atoms with van der Waals surface area (Å²) in [5.74, 6) is 0. The number of aliphatic hydroxyl groups excluding tert-OH is 11. The molecule has 15 atom stereocenters. The van der Waals surface area contributed by atoms with Crippen molar-refractivity contribution in [1.82, 2.24) is 0 Å². The molecular formula is C18H32O16. The number of hydrogen-bond acceptors (Lipinski definition) is 16. The Bertz CT molecular complexity index is 635. The molecule has 3 saturated heterocycles. The first-order valence-electron chi connectivity index (χ1n) is 10.6. The lowest BCUT2D eigenvalue weighted by Crippen LogP contribution is -2.66. The molecule has 34 heavy (non-hydrogen) atoms. The molecule has 0 bridgehead atoms. The van der Waals surface area contributed by atoms with Gasteiger partial charge in [-0.25, -0.2) is 0 Å². The summed E-state index contributed by atoms with van der Waals surface area (Å²) in [5, 5.41) is 109. The Morgan fingerprint density at radius 2 is 0.853 bits per heavy atom. The minimum Gasteiger partial charge on any atom is -0.394 e. The molecule has 3 aliphatic heterocycles. The summed E-state index contributed by atoms with van der Waals surface area (Å²) in [6.07, 6.45) is -25.1. The van der Waals surface area contributed by atoms with E-state index in [0.717, 1.165) is 0 Å². The predicted molar refractivity (Wildman–Crippen MR) is 101 cm³/mol. The van der Waals surface area contributed by atoms with Crippen LogP contribution in [0.5, 0.6) is 0 Å². The van der Waals surface area contributed by atoms with E-state index in [9.17, 15) is 56.2 Å². The van der Waals surface area contributed by atoms with Crippen LogP contribution >= 0.6 is 0 Å². The summed E-state index contributed by atoms with van der Waals surface area (Å²) < 4.78 is 26.4. The van der Waals surface area contributed by atoms with Crippen LogP contribution in [0.2, 0.25) is 0 Å². The molecule has 0 aromatic carbocycles. The van der Waals surface area contributed by atoms with Gasteiger partial charge in [-0.05, 0) is 0 Å². The van der Waals surface area contributed by atoms with Crippen LogP contribution in [-0.4, -0.2) is 168 Å². The minimum atomic E-state index is -1.91. The summed E-state index contributed by atoms with van der Waals surface area (Å²) in [5.41, 5.74) is 0. The molecule has 0 radical (unpaired) electrons. The van der Waals surface area contributed by atoms with E-state index in [4.69, 9.17) is 23.7 Å². The first-order valence-corrected chi connectivity index (χ1v) is 10.6. The maximum atomic E-state index is 10.6. The van der Waals surface area contributed by atoms with Gasteiger partial charge in [-0.15, -0.1) is 0 Å². The molecule has 0 aromatic rings. The van der Waals surface area contributed by atoms with Gasteiger partial charge < -0.3 is 79.9 Å². The largest absolute Gasteiger partial charge is 0.394 e. The molecule has 3 fully saturated rings. The second-order valence-corrected chi connectivity index (χ2v) is 8.33. The van der Waals surface area contributed by atoms with E-state index < -0.39 is 112 Å². The highest BCUT2D eigenvalue weighted by Crippen LogP contribution is 2.32. The maximum Gasteiger partial charge on any atom is 0.187 e. The molecule has 200 valence electrons. The van der Waals surface area contributed by atoms with Crippen LogP contribution in [0.3, 0.4) is 0 Å². The quantitative estimate of drug-likeness (QED) is 0.154. The van der Waals surface area contributed by atoms with Crippen molar-refractivity contribution in [1.29, 1.82) is 0 Å². The van der Waals surface area contributed by atoms with Gasteiger partial charge in [-0.2, -0.15) is 0 Å². The highest BCUT2D eigenvalue weighted by Gasteiger charge is 2.53. The van der Waals surface area contributed by atoms with Gasteiger partial charge in [0.2, 0.25) is 0 Å². The zero-order chi connectivity index (χ0) is 25.3. The van der Waals surface area contributed by atoms with E-state index in [0.29, 0.717) is 0 Å². The average Bonchev–Trinajstić information content (AvgIpc) is 2.83. The molecule has 0 unspecified atom stereocenters. The third-order valence-electron chi connectivity index (χ3n) is 6.09. The highest BCUT2D eigenvalue weighted by atomic mass is 16.8. The fraction of sp³-hybridized carbons (Fsp3) is 1.00. The lowest BCUT2D eigenvalue weighted by Gasteiger charge is -2.47. The van der Waals surface area contributed by atoms with Crippen LogP contribution in [-0.2, 0) is 23.7 Å². The standard InChI is InChI=1S/C18H32O16/c19-1-4-7(22)8(23)12(27)17(31-4)34-15-6(3-21)32-18(13(28)10(15)25)33-14-5(2-20)30-16(29)11(26)9(14)24/h4-29H,1-3H2/t4-,5-,6-,7-,8+,9-,10-,11-,12+,13+,14-,15-,16-,17+,18+/m1/s1. The Kier molecular flexibility index (Phi) is 9.54. The Labute approximate surface area is 192 Å². The molecule has 3 aliphatic rings. The fourth-order valence-corrected chi connectivity index (χ4v) is 4.06. The van der Waals surface area contributed by atoms with Crippen molar-refractivity contribution in [2.75, 3.05) is 19.8 Å². The summed E-state index contributed by atoms with van der Waals surface area (Å²) in [6, 6.07) is 0. The van der Waals surface area contributed by atoms with Crippen molar-refractivity contribution in [2.24, 2.45) is 0 Å². The molecule has 16 nitrogen and oxygen atoms in total. The molecule has 0 aromatic heterocycles. The molecule has 0 amide bonds. The minimum absolute atomic E-state index is 0.741. The summed E-state index contributed by atoms with van der Waals surface area (Å²) in [6.45, 7) is -2.32. The summed E-state index contributed by atoms with van der Waals surface area (Å²) >= 11 is 0. The van der Waals surface area contributed by atoms with Crippen molar-refractivity contribution in [3.63, 3.8) is 0 Å². The third kappa shape index (κ3) is 5.37. The van der Waals surface area contributed by atoms with E-state index in [1.807, 2.05) is 0 Å². The molecule has 0 aliphatic carbocycles. The molecular weight excluding hydrogens is 472 g/mol. The van der Waals surface area contributed by atoms with Crippen LogP contribution in [0.1, 0.15) is 0 Å². The SMILES string of the molecule is OC[C@H]1O[C@@H](O[C@H]2[C@H](O)[C@H](O)[C@H](O[C@H]3[C@H](O)[C@@H](O)[C@H](O)O[C@@H]3CO)O[C@@H]2CO)[C@@H](O)[C@@H](O)[C@@H]1O. The molecule has 0 saturated carbocycles. The normalized spacial score (nSPS) is 52.5. The molecule has 16 heteroatoms. The lowest BCUT2D eigenvalue weighted by molar-refractivity contribution is -0.377. The smallest absolute Gasteiger partial charge is 0.187 e. The van der Waals surface area contributed by atoms with Gasteiger partial charge in [-0.3, -0.25) is 0 Å². The van der Waals surface area contributed by atoms with Gasteiger partial charge in [0.1, 0.15) is 73.2 Å². The highest BCUT2D eigenvalue weighted by molar-refractivity contribution is 4.96. The van der Waals surface area contributed by atoms with Crippen molar-refractivity contribution in [3.05, 3.63) is 0 Å². The topological polar surface area (TPSA) is 269 Å². The Morgan fingerprint density at radius 3 is 1.35 bits per heavy atom. The van der Waals surface area contributed by atoms with Crippen LogP contribution in [0.15, 0.2) is 0 Å². The fourth-order valence-electron chi connectivity index (χ4n) is 4.06. The van der Waals surface area contributed by atoms with Gasteiger partial charge in [0, 0.05) is 0 Å². The van der Waals surface area contributed by atoms with Crippen LogP contribution in [0.25, 0.3) is 0 Å². The van der Waals surface area contributed by atoms with Gasteiger partial charge in [0.05, 0.1) is 19.8 Å². The second-order valence-electron chi connectivity index (χ2n) is 8.33. The van der Waals surface area contributed by atoms with E-state index >= 15 is 0 Å². The van der Waals surface area contributed by atoms with Crippen LogP contribution < -0.4 is 0 Å². The number of rotatable bonds is 7. The summed E-state index contributed by atoms with van der Waals surface area (Å²) in [7, 11) is 0. The van der Waals surface area contributed by atoms with Gasteiger partial charge in [0.25, 0.3) is 0 Å². The van der Waals surface area contributed by atoms with E-state index in [1.165, 1.54) is 0 Å². The predicted octanol–water partition coefficient (Wildman–Crippen LogP) is -7.57. The third-order valence-corrected chi connectivity index (χ3v) is 6.09. The zero-order valence-corrected chi connectivity index (χ0v) is 17.7. The zero-order valence-electron chi connectivity index (χ0n) is 17.7. The molecule has 11 N–H and O–H groups in total. The monoisotopic (exact) mass is 504 g/mol. The van der Waals surface area contributed by atoms with E-state index in [1.54, 1.807) is 0 Å². The maximum absolute atomic E-state index is 10.6.